The highest BCUT2D eigenvalue weighted by molar-refractivity contribution is 5.76. The van der Waals surface area contributed by atoms with E-state index in [1.165, 1.54) is 64.5 Å². The van der Waals surface area contributed by atoms with E-state index in [4.69, 9.17) is 0 Å². The summed E-state index contributed by atoms with van der Waals surface area (Å²) in [5.41, 5.74) is 0. The Morgan fingerprint density at radius 2 is 1.80 bits per heavy atom. The molecule has 0 aromatic carbocycles. The smallest absolute Gasteiger partial charge is 0.220 e. The van der Waals surface area contributed by atoms with Crippen LogP contribution in [0.25, 0.3) is 0 Å². The zero-order valence-corrected chi connectivity index (χ0v) is 12.5. The molecule has 3 atom stereocenters. The minimum atomic E-state index is 0.340. The number of carbonyl (C=O) groups excluding carboxylic acids is 1. The molecule has 3 saturated carbocycles. The standard InChI is InChI=1S/C17H28N2O/c20-17(11-14-10-12-1-2-13(14)9-12)18-15-5-7-19(8-6-15)16-3-4-16/h12-16H,1-11H2,(H,18,20)/t12-,13-,14+/m0/s1. The van der Waals surface area contributed by atoms with Crippen LogP contribution in [0, 0.1) is 17.8 Å². The number of fused-ring (bicyclic) bond motifs is 2. The second-order valence-corrected chi connectivity index (χ2v) is 7.75. The topological polar surface area (TPSA) is 32.3 Å². The molecule has 0 spiro atoms. The number of carbonyl (C=O) groups is 1. The Bertz CT molecular complexity index is 371. The maximum atomic E-state index is 12.2. The zero-order valence-electron chi connectivity index (χ0n) is 12.5. The minimum absolute atomic E-state index is 0.340. The van der Waals surface area contributed by atoms with Gasteiger partial charge >= 0.3 is 0 Å². The van der Waals surface area contributed by atoms with Crippen molar-refractivity contribution in [2.45, 2.75) is 69.9 Å². The Kier molecular flexibility index (Phi) is 3.49. The molecule has 2 bridgehead atoms. The molecule has 0 radical (unpaired) electrons. The first kappa shape index (κ1) is 13.1. The van der Waals surface area contributed by atoms with Crippen LogP contribution >= 0.6 is 0 Å². The lowest BCUT2D eigenvalue weighted by atomic mass is 9.86. The van der Waals surface area contributed by atoms with Crippen LogP contribution in [-0.4, -0.2) is 36.0 Å². The number of likely N-dealkylation sites (tertiary alicyclic amines) is 1. The maximum Gasteiger partial charge on any atom is 0.220 e. The molecule has 0 unspecified atom stereocenters. The fourth-order valence-electron chi connectivity index (χ4n) is 5.00. The van der Waals surface area contributed by atoms with Crippen LogP contribution in [0.5, 0.6) is 0 Å². The van der Waals surface area contributed by atoms with E-state index in [1.807, 2.05) is 0 Å². The van der Waals surface area contributed by atoms with Crippen LogP contribution in [0.4, 0.5) is 0 Å². The van der Waals surface area contributed by atoms with E-state index in [0.717, 1.165) is 24.3 Å². The summed E-state index contributed by atoms with van der Waals surface area (Å²) in [5, 5.41) is 3.32. The number of nitrogens with one attached hydrogen (secondary N) is 1. The quantitative estimate of drug-likeness (QED) is 0.856. The Morgan fingerprint density at radius 1 is 1.00 bits per heavy atom. The van der Waals surface area contributed by atoms with Gasteiger partial charge in [0.2, 0.25) is 5.91 Å². The maximum absolute atomic E-state index is 12.2. The monoisotopic (exact) mass is 276 g/mol. The highest BCUT2D eigenvalue weighted by Crippen LogP contribution is 2.49. The molecule has 1 saturated heterocycles. The van der Waals surface area contributed by atoms with E-state index in [1.54, 1.807) is 0 Å². The molecule has 1 N–H and O–H groups in total. The van der Waals surface area contributed by atoms with Gasteiger partial charge in [-0.2, -0.15) is 0 Å². The van der Waals surface area contributed by atoms with Gasteiger partial charge in [0, 0.05) is 31.6 Å². The van der Waals surface area contributed by atoms with E-state index in [0.29, 0.717) is 17.9 Å². The van der Waals surface area contributed by atoms with Crippen LogP contribution in [0.3, 0.4) is 0 Å². The van der Waals surface area contributed by atoms with E-state index in [9.17, 15) is 4.79 Å². The summed E-state index contributed by atoms with van der Waals surface area (Å²) in [6.45, 7) is 2.40. The Morgan fingerprint density at radius 3 is 2.40 bits per heavy atom. The van der Waals surface area contributed by atoms with Gasteiger partial charge in [0.05, 0.1) is 0 Å². The molecule has 1 amide bonds. The number of amides is 1. The molecule has 4 rings (SSSR count). The zero-order chi connectivity index (χ0) is 13.5. The van der Waals surface area contributed by atoms with Gasteiger partial charge in [-0.15, -0.1) is 0 Å². The Labute approximate surface area is 122 Å². The lowest BCUT2D eigenvalue weighted by Gasteiger charge is -2.32. The fourth-order valence-corrected chi connectivity index (χ4v) is 5.00. The summed E-state index contributed by atoms with van der Waals surface area (Å²) in [6, 6.07) is 1.34. The summed E-state index contributed by atoms with van der Waals surface area (Å²) in [5.74, 6) is 2.88. The van der Waals surface area contributed by atoms with Crippen molar-refractivity contribution >= 4 is 5.91 Å². The van der Waals surface area contributed by atoms with E-state index in [2.05, 4.69) is 10.2 Å². The summed E-state index contributed by atoms with van der Waals surface area (Å²) in [4.78, 5) is 14.9. The third-order valence-corrected chi connectivity index (χ3v) is 6.29. The number of hydrogen-bond acceptors (Lipinski definition) is 2. The third kappa shape index (κ3) is 2.74. The Hall–Kier alpha value is -0.570. The fraction of sp³-hybridized carbons (Fsp3) is 0.941. The van der Waals surface area contributed by atoms with Gasteiger partial charge < -0.3 is 10.2 Å². The molecule has 4 fully saturated rings. The largest absolute Gasteiger partial charge is 0.353 e. The Balaban J connectivity index is 1.20. The number of rotatable bonds is 4. The summed E-state index contributed by atoms with van der Waals surface area (Å²) in [6.07, 6.45) is 11.5. The summed E-state index contributed by atoms with van der Waals surface area (Å²) < 4.78 is 0. The predicted molar refractivity (Wildman–Crippen MR) is 79.3 cm³/mol. The van der Waals surface area contributed by atoms with E-state index >= 15 is 0 Å². The first-order chi connectivity index (χ1) is 9.78. The first-order valence-electron chi connectivity index (χ1n) is 8.81. The van der Waals surface area contributed by atoms with E-state index in [-0.39, 0.29) is 0 Å². The average Bonchev–Trinajstić information content (AvgIpc) is 3.09. The predicted octanol–water partition coefficient (Wildman–Crippen LogP) is 2.56. The van der Waals surface area contributed by atoms with Crippen molar-refractivity contribution in [1.82, 2.24) is 10.2 Å². The van der Waals surface area contributed by atoms with E-state index < -0.39 is 0 Å². The molecule has 1 heterocycles. The molecule has 0 aromatic rings. The van der Waals surface area contributed by atoms with Crippen LogP contribution in [-0.2, 0) is 4.79 Å². The van der Waals surface area contributed by atoms with Crippen LogP contribution in [0.15, 0.2) is 0 Å². The third-order valence-electron chi connectivity index (χ3n) is 6.29. The minimum Gasteiger partial charge on any atom is -0.353 e. The molecule has 3 nitrogen and oxygen atoms in total. The molecule has 20 heavy (non-hydrogen) atoms. The molecule has 112 valence electrons. The molecule has 1 aliphatic heterocycles. The SMILES string of the molecule is O=C(C[C@H]1C[C@H]2CC[C@H]1C2)NC1CCN(C2CC2)CC1. The van der Waals surface area contributed by atoms with Gasteiger partial charge in [0.25, 0.3) is 0 Å². The number of nitrogens with zero attached hydrogens (tertiary/aromatic N) is 1. The van der Waals surface area contributed by atoms with Crippen LogP contribution in [0.2, 0.25) is 0 Å². The lowest BCUT2D eigenvalue weighted by Crippen LogP contribution is -2.45. The molecule has 3 aliphatic carbocycles. The highest BCUT2D eigenvalue weighted by Gasteiger charge is 2.40. The molecule has 4 aliphatic rings. The average molecular weight is 276 g/mol. The molecule has 0 aromatic heterocycles. The summed E-state index contributed by atoms with van der Waals surface area (Å²) in [7, 11) is 0. The highest BCUT2D eigenvalue weighted by atomic mass is 16.1. The van der Waals surface area contributed by atoms with Gasteiger partial charge in [0.15, 0.2) is 0 Å². The van der Waals surface area contributed by atoms with Gasteiger partial charge in [-0.3, -0.25) is 4.79 Å². The van der Waals surface area contributed by atoms with Crippen molar-refractivity contribution in [3.05, 3.63) is 0 Å². The van der Waals surface area contributed by atoms with Gasteiger partial charge in [-0.25, -0.2) is 0 Å². The second-order valence-electron chi connectivity index (χ2n) is 7.75. The molecular weight excluding hydrogens is 248 g/mol. The normalized spacial score (nSPS) is 38.3. The van der Waals surface area contributed by atoms with Crippen molar-refractivity contribution in [2.24, 2.45) is 17.8 Å². The number of piperidine rings is 1. The molecular formula is C17H28N2O. The lowest BCUT2D eigenvalue weighted by molar-refractivity contribution is -0.123. The first-order valence-corrected chi connectivity index (χ1v) is 8.81. The van der Waals surface area contributed by atoms with Gasteiger partial charge in [-0.1, -0.05) is 6.42 Å². The van der Waals surface area contributed by atoms with Crippen molar-refractivity contribution in [3.63, 3.8) is 0 Å². The van der Waals surface area contributed by atoms with Crippen molar-refractivity contribution in [3.8, 4) is 0 Å². The molecule has 3 heteroatoms. The van der Waals surface area contributed by atoms with Gasteiger partial charge in [0.1, 0.15) is 0 Å². The van der Waals surface area contributed by atoms with Crippen molar-refractivity contribution in [2.75, 3.05) is 13.1 Å². The van der Waals surface area contributed by atoms with Crippen LogP contribution < -0.4 is 5.32 Å². The number of hydrogen-bond donors (Lipinski definition) is 1. The van der Waals surface area contributed by atoms with Gasteiger partial charge in [-0.05, 0) is 62.7 Å². The second kappa shape index (κ2) is 5.32. The van der Waals surface area contributed by atoms with Crippen molar-refractivity contribution < 1.29 is 4.79 Å². The summed E-state index contributed by atoms with van der Waals surface area (Å²) >= 11 is 0. The van der Waals surface area contributed by atoms with Crippen LogP contribution in [0.1, 0.15) is 57.8 Å². The van der Waals surface area contributed by atoms with Crippen molar-refractivity contribution in [1.29, 1.82) is 0 Å².